The number of nitrogens with one attached hydrogen (secondary N) is 3. The average Bonchev–Trinajstić information content (AvgIpc) is 3.38. The van der Waals surface area contributed by atoms with Gasteiger partial charge in [-0.25, -0.2) is 18.1 Å². The standard InChI is InChI=1S/C20H20N4O3S3/c1-12-18(14-5-3-4-6-15(14)22-12)16-11-28-20(23-16)24-19(25)17-8-7-13(29-17)9-10-21-30(2,26)27/h3-8,11,21-22H,9-10H2,1-2H3,(H,23,24,25). The monoisotopic (exact) mass is 460 g/mol. The Bertz CT molecular complexity index is 1320. The molecule has 0 saturated heterocycles. The molecule has 0 saturated carbocycles. The molecule has 3 aromatic heterocycles. The number of rotatable bonds is 7. The number of thiazole rings is 1. The summed E-state index contributed by atoms with van der Waals surface area (Å²) in [4.78, 5) is 22.1. The summed E-state index contributed by atoms with van der Waals surface area (Å²) in [5.74, 6) is -0.223. The van der Waals surface area contributed by atoms with Crippen molar-refractivity contribution in [1.82, 2.24) is 14.7 Å². The van der Waals surface area contributed by atoms with Crippen LogP contribution in [0, 0.1) is 6.92 Å². The highest BCUT2D eigenvalue weighted by Crippen LogP contribution is 2.34. The van der Waals surface area contributed by atoms with Crippen molar-refractivity contribution in [2.45, 2.75) is 13.3 Å². The minimum Gasteiger partial charge on any atom is -0.358 e. The van der Waals surface area contributed by atoms with Crippen LogP contribution >= 0.6 is 22.7 Å². The normalized spacial score (nSPS) is 11.8. The summed E-state index contributed by atoms with van der Waals surface area (Å²) < 4.78 is 24.7. The number of fused-ring (bicyclic) bond motifs is 1. The summed E-state index contributed by atoms with van der Waals surface area (Å²) in [5.41, 5.74) is 3.95. The van der Waals surface area contributed by atoms with Gasteiger partial charge in [-0.2, -0.15) is 0 Å². The number of nitrogens with zero attached hydrogens (tertiary/aromatic N) is 1. The Balaban J connectivity index is 1.45. The Labute approximate surface area is 182 Å². The lowest BCUT2D eigenvalue weighted by molar-refractivity contribution is 0.103. The molecule has 0 fully saturated rings. The molecule has 30 heavy (non-hydrogen) atoms. The Morgan fingerprint density at radius 2 is 2.00 bits per heavy atom. The Morgan fingerprint density at radius 1 is 1.20 bits per heavy atom. The van der Waals surface area contributed by atoms with E-state index in [2.05, 4.69) is 26.1 Å². The largest absolute Gasteiger partial charge is 0.358 e. The lowest BCUT2D eigenvalue weighted by Gasteiger charge is -2.00. The van der Waals surface area contributed by atoms with Crippen LogP contribution in [-0.4, -0.2) is 37.1 Å². The fraction of sp³-hybridized carbons (Fsp3) is 0.200. The summed E-state index contributed by atoms with van der Waals surface area (Å²) in [7, 11) is -3.21. The molecular weight excluding hydrogens is 440 g/mol. The summed E-state index contributed by atoms with van der Waals surface area (Å²) in [6.07, 6.45) is 1.66. The molecule has 4 rings (SSSR count). The molecule has 10 heteroatoms. The summed E-state index contributed by atoms with van der Waals surface area (Å²) in [5, 5.41) is 6.43. The van der Waals surface area contributed by atoms with E-state index in [0.29, 0.717) is 23.0 Å². The quantitative estimate of drug-likeness (QED) is 0.388. The first-order valence-corrected chi connectivity index (χ1v) is 12.8. The molecular formula is C20H20N4O3S3. The molecule has 0 bridgehead atoms. The van der Waals surface area contributed by atoms with E-state index in [-0.39, 0.29) is 5.91 Å². The van der Waals surface area contributed by atoms with Gasteiger partial charge in [0.25, 0.3) is 5.91 Å². The Morgan fingerprint density at radius 3 is 2.80 bits per heavy atom. The number of hydrogen-bond donors (Lipinski definition) is 3. The molecule has 4 aromatic rings. The van der Waals surface area contributed by atoms with Crippen molar-refractivity contribution in [2.75, 3.05) is 18.1 Å². The van der Waals surface area contributed by atoms with E-state index < -0.39 is 10.0 Å². The molecule has 1 amide bonds. The zero-order valence-corrected chi connectivity index (χ0v) is 18.8. The van der Waals surface area contributed by atoms with Crippen LogP contribution < -0.4 is 10.0 Å². The van der Waals surface area contributed by atoms with Crippen molar-refractivity contribution >= 4 is 54.6 Å². The van der Waals surface area contributed by atoms with Crippen LogP contribution in [0.25, 0.3) is 22.2 Å². The number of para-hydroxylation sites is 1. The number of carbonyl (C=O) groups excluding carboxylic acids is 1. The van der Waals surface area contributed by atoms with E-state index in [1.165, 1.54) is 22.7 Å². The van der Waals surface area contributed by atoms with Crippen molar-refractivity contribution in [2.24, 2.45) is 0 Å². The lowest BCUT2D eigenvalue weighted by atomic mass is 10.1. The van der Waals surface area contributed by atoms with Crippen LogP contribution in [-0.2, 0) is 16.4 Å². The third-order valence-electron chi connectivity index (χ3n) is 4.50. The van der Waals surface area contributed by atoms with Gasteiger partial charge in [-0.05, 0) is 31.5 Å². The van der Waals surface area contributed by atoms with Crippen molar-refractivity contribution in [3.63, 3.8) is 0 Å². The van der Waals surface area contributed by atoms with Gasteiger partial charge in [-0.3, -0.25) is 10.1 Å². The number of H-pyrrole nitrogens is 1. The topological polar surface area (TPSA) is 104 Å². The van der Waals surface area contributed by atoms with Crippen LogP contribution in [0.1, 0.15) is 20.2 Å². The number of benzene rings is 1. The molecule has 0 unspecified atom stereocenters. The second-order valence-electron chi connectivity index (χ2n) is 6.85. The van der Waals surface area contributed by atoms with E-state index in [1.54, 1.807) is 6.07 Å². The minimum absolute atomic E-state index is 0.223. The van der Waals surface area contributed by atoms with Crippen LogP contribution in [0.2, 0.25) is 0 Å². The highest BCUT2D eigenvalue weighted by atomic mass is 32.2. The van der Waals surface area contributed by atoms with Gasteiger partial charge in [-0.1, -0.05) is 18.2 Å². The summed E-state index contributed by atoms with van der Waals surface area (Å²) in [6.45, 7) is 2.32. The zero-order chi connectivity index (χ0) is 21.3. The molecule has 3 heterocycles. The maximum atomic E-state index is 12.6. The number of sulfonamides is 1. The fourth-order valence-corrected chi connectivity index (χ4v) is 5.28. The van der Waals surface area contributed by atoms with Gasteiger partial charge in [0, 0.05) is 39.0 Å². The first-order chi connectivity index (χ1) is 14.3. The van der Waals surface area contributed by atoms with Gasteiger partial charge < -0.3 is 4.98 Å². The number of aromatic amines is 1. The SMILES string of the molecule is Cc1[nH]c2ccccc2c1-c1csc(NC(=O)c2ccc(CCNS(C)(=O)=O)s2)n1. The molecule has 0 aliphatic rings. The highest BCUT2D eigenvalue weighted by molar-refractivity contribution is 7.88. The first kappa shape index (κ1) is 20.7. The molecule has 0 aliphatic carbocycles. The fourth-order valence-electron chi connectivity index (χ4n) is 3.21. The molecule has 156 valence electrons. The second kappa shape index (κ2) is 8.31. The minimum atomic E-state index is -3.21. The van der Waals surface area contributed by atoms with Crippen molar-refractivity contribution < 1.29 is 13.2 Å². The van der Waals surface area contributed by atoms with Crippen LogP contribution in [0.3, 0.4) is 0 Å². The Hall–Kier alpha value is -2.53. The number of aromatic nitrogens is 2. The molecule has 7 nitrogen and oxygen atoms in total. The third-order valence-corrected chi connectivity index (χ3v) is 7.13. The highest BCUT2D eigenvalue weighted by Gasteiger charge is 2.16. The number of thiophene rings is 1. The predicted octanol–water partition coefficient (Wildman–Crippen LogP) is 4.01. The molecule has 0 atom stereocenters. The smallest absolute Gasteiger partial charge is 0.267 e. The zero-order valence-electron chi connectivity index (χ0n) is 16.4. The predicted molar refractivity (Wildman–Crippen MR) is 123 cm³/mol. The number of hydrogen-bond acceptors (Lipinski definition) is 6. The van der Waals surface area contributed by atoms with Gasteiger partial charge in [0.05, 0.1) is 16.8 Å². The first-order valence-electron chi connectivity index (χ1n) is 9.18. The summed E-state index contributed by atoms with van der Waals surface area (Å²) in [6, 6.07) is 11.6. The second-order valence-corrected chi connectivity index (χ2v) is 10.7. The number of anilines is 1. The third kappa shape index (κ3) is 4.62. The summed E-state index contributed by atoms with van der Waals surface area (Å²) >= 11 is 2.73. The van der Waals surface area contributed by atoms with E-state index in [0.717, 1.165) is 39.0 Å². The van der Waals surface area contributed by atoms with Crippen LogP contribution in [0.15, 0.2) is 41.8 Å². The Kier molecular flexibility index (Phi) is 5.74. The number of carbonyl (C=O) groups is 1. The maximum absolute atomic E-state index is 12.6. The van der Waals surface area contributed by atoms with Crippen molar-refractivity contribution in [1.29, 1.82) is 0 Å². The van der Waals surface area contributed by atoms with E-state index >= 15 is 0 Å². The molecule has 0 aliphatic heterocycles. The van der Waals surface area contributed by atoms with Crippen LogP contribution in [0.5, 0.6) is 0 Å². The average molecular weight is 461 g/mol. The molecule has 0 radical (unpaired) electrons. The lowest BCUT2D eigenvalue weighted by Crippen LogP contribution is -2.24. The van der Waals surface area contributed by atoms with Gasteiger partial charge in [0.1, 0.15) is 0 Å². The number of aryl methyl sites for hydroxylation is 1. The molecule has 0 spiro atoms. The van der Waals surface area contributed by atoms with Gasteiger partial charge >= 0.3 is 0 Å². The van der Waals surface area contributed by atoms with Crippen molar-refractivity contribution in [3.8, 4) is 11.3 Å². The van der Waals surface area contributed by atoms with Gasteiger partial charge in [-0.15, -0.1) is 22.7 Å². The van der Waals surface area contributed by atoms with E-state index in [1.807, 2.05) is 36.6 Å². The molecule has 1 aromatic carbocycles. The molecule has 3 N–H and O–H groups in total. The van der Waals surface area contributed by atoms with Crippen molar-refractivity contribution in [3.05, 3.63) is 57.2 Å². The van der Waals surface area contributed by atoms with Gasteiger partial charge in [0.15, 0.2) is 5.13 Å². The van der Waals surface area contributed by atoms with Crippen LogP contribution in [0.4, 0.5) is 5.13 Å². The maximum Gasteiger partial charge on any atom is 0.267 e. The number of amides is 1. The van der Waals surface area contributed by atoms with E-state index in [4.69, 9.17) is 0 Å². The van der Waals surface area contributed by atoms with Gasteiger partial charge in [0.2, 0.25) is 10.0 Å². The van der Waals surface area contributed by atoms with E-state index in [9.17, 15) is 13.2 Å².